The van der Waals surface area contributed by atoms with E-state index in [1.807, 2.05) is 31.5 Å². The highest BCUT2D eigenvalue weighted by molar-refractivity contribution is 5.86. The third-order valence-corrected chi connectivity index (χ3v) is 5.61. The van der Waals surface area contributed by atoms with Crippen molar-refractivity contribution in [3.8, 4) is 11.5 Å². The molecule has 0 radical (unpaired) electrons. The van der Waals surface area contributed by atoms with E-state index in [1.165, 1.54) is 12.5 Å². The van der Waals surface area contributed by atoms with Crippen LogP contribution in [-0.4, -0.2) is 67.1 Å². The lowest BCUT2D eigenvalue weighted by Gasteiger charge is -2.35. The van der Waals surface area contributed by atoms with Gasteiger partial charge in [-0.25, -0.2) is 19.9 Å². The van der Waals surface area contributed by atoms with Crippen molar-refractivity contribution in [3.63, 3.8) is 0 Å². The van der Waals surface area contributed by atoms with Crippen LogP contribution in [0.2, 0.25) is 0 Å². The quantitative estimate of drug-likeness (QED) is 0.485. The van der Waals surface area contributed by atoms with Crippen LogP contribution in [0.1, 0.15) is 5.76 Å². The van der Waals surface area contributed by atoms with Gasteiger partial charge in [-0.3, -0.25) is 14.3 Å². The molecule has 5 rings (SSSR count). The second kappa shape index (κ2) is 8.35. The third kappa shape index (κ3) is 3.89. The van der Waals surface area contributed by atoms with Crippen molar-refractivity contribution in [2.45, 2.75) is 13.5 Å². The monoisotopic (exact) mass is 433 g/mol. The zero-order chi connectivity index (χ0) is 22.1. The summed E-state index contributed by atoms with van der Waals surface area (Å²) in [5.41, 5.74) is 8.14. The largest absolute Gasteiger partial charge is 0.460 e. The number of piperazine rings is 1. The van der Waals surface area contributed by atoms with Gasteiger partial charge >= 0.3 is 0 Å². The summed E-state index contributed by atoms with van der Waals surface area (Å²) >= 11 is 0. The summed E-state index contributed by atoms with van der Waals surface area (Å²) in [4.78, 5) is 38.3. The van der Waals surface area contributed by atoms with Crippen molar-refractivity contribution in [2.75, 3.05) is 43.4 Å². The van der Waals surface area contributed by atoms with Crippen molar-refractivity contribution < 1.29 is 4.42 Å². The van der Waals surface area contributed by atoms with Gasteiger partial charge in [-0.15, -0.1) is 0 Å². The molecule has 0 spiro atoms. The number of rotatable bonds is 5. The Balaban J connectivity index is 1.36. The molecule has 2 N–H and O–H groups in total. The van der Waals surface area contributed by atoms with E-state index in [2.05, 4.69) is 34.7 Å². The molecule has 1 aliphatic rings. The zero-order valence-electron chi connectivity index (χ0n) is 17.7. The standard InChI is InChI=1S/C21H23N9O2/c1-14-2-3-16(32-14)18-19-20(27-21(22)26-18)30(17(31)12-25-19)9-6-28-4-7-29(8-5-28)15-10-23-13-24-11-15/h2-3,10-13H,4-9H2,1H3,(H2,22,26,27). The second-order valence-corrected chi connectivity index (χ2v) is 7.69. The molecule has 32 heavy (non-hydrogen) atoms. The molecule has 0 amide bonds. The third-order valence-electron chi connectivity index (χ3n) is 5.61. The van der Waals surface area contributed by atoms with E-state index in [0.717, 1.165) is 37.6 Å². The number of hydrogen-bond donors (Lipinski definition) is 1. The Hall–Kier alpha value is -3.86. The number of nitrogen functional groups attached to an aromatic ring is 1. The number of nitrogens with zero attached hydrogens (tertiary/aromatic N) is 8. The molecule has 4 aromatic rings. The highest BCUT2D eigenvalue weighted by Crippen LogP contribution is 2.26. The fourth-order valence-electron chi connectivity index (χ4n) is 3.94. The SMILES string of the molecule is Cc1ccc(-c2nc(N)nc3c2ncc(=O)n3CCN2CCN(c3cncnc3)CC2)o1. The van der Waals surface area contributed by atoms with Gasteiger partial charge in [0.2, 0.25) is 5.95 Å². The van der Waals surface area contributed by atoms with Crippen LogP contribution in [0, 0.1) is 6.92 Å². The Kier molecular flexibility index (Phi) is 5.23. The van der Waals surface area contributed by atoms with Gasteiger partial charge in [-0.2, -0.15) is 4.98 Å². The molecule has 1 saturated heterocycles. The summed E-state index contributed by atoms with van der Waals surface area (Å²) < 4.78 is 7.32. The van der Waals surface area contributed by atoms with Gasteiger partial charge < -0.3 is 15.1 Å². The summed E-state index contributed by atoms with van der Waals surface area (Å²) in [5, 5.41) is 0. The molecule has 0 atom stereocenters. The molecule has 1 aliphatic heterocycles. The number of nitrogens with two attached hydrogens (primary N) is 1. The van der Waals surface area contributed by atoms with Crippen molar-refractivity contribution >= 4 is 22.8 Å². The maximum atomic E-state index is 12.6. The van der Waals surface area contributed by atoms with Crippen molar-refractivity contribution in [1.29, 1.82) is 0 Å². The lowest BCUT2D eigenvalue weighted by molar-refractivity contribution is 0.248. The average Bonchev–Trinajstić information content (AvgIpc) is 3.25. The first kappa shape index (κ1) is 20.1. The average molecular weight is 433 g/mol. The van der Waals surface area contributed by atoms with Crippen LogP contribution in [0.15, 0.2) is 46.3 Å². The fourth-order valence-corrected chi connectivity index (χ4v) is 3.94. The van der Waals surface area contributed by atoms with Crippen LogP contribution in [0.25, 0.3) is 22.6 Å². The molecular weight excluding hydrogens is 410 g/mol. The molecule has 0 unspecified atom stereocenters. The van der Waals surface area contributed by atoms with Crippen molar-refractivity contribution in [1.82, 2.24) is 34.4 Å². The van der Waals surface area contributed by atoms with Crippen LogP contribution in [0.5, 0.6) is 0 Å². The molecule has 0 aromatic carbocycles. The molecule has 1 fully saturated rings. The maximum Gasteiger partial charge on any atom is 0.270 e. The van der Waals surface area contributed by atoms with E-state index in [-0.39, 0.29) is 11.5 Å². The van der Waals surface area contributed by atoms with E-state index >= 15 is 0 Å². The van der Waals surface area contributed by atoms with E-state index < -0.39 is 0 Å². The minimum absolute atomic E-state index is 0.0707. The number of aryl methyl sites for hydroxylation is 1. The molecule has 0 bridgehead atoms. The van der Waals surface area contributed by atoms with Crippen molar-refractivity contribution in [3.05, 3.63) is 53.2 Å². The number of fused-ring (bicyclic) bond motifs is 1. The summed E-state index contributed by atoms with van der Waals surface area (Å²) in [5.74, 6) is 1.36. The van der Waals surface area contributed by atoms with E-state index in [0.29, 0.717) is 35.7 Å². The van der Waals surface area contributed by atoms with Crippen LogP contribution >= 0.6 is 0 Å². The van der Waals surface area contributed by atoms with Crippen LogP contribution < -0.4 is 16.2 Å². The minimum atomic E-state index is -0.225. The first-order valence-electron chi connectivity index (χ1n) is 10.4. The molecular formula is C21H23N9O2. The van der Waals surface area contributed by atoms with Crippen LogP contribution in [-0.2, 0) is 6.54 Å². The zero-order valence-corrected chi connectivity index (χ0v) is 17.7. The van der Waals surface area contributed by atoms with Crippen molar-refractivity contribution in [2.24, 2.45) is 0 Å². The highest BCUT2D eigenvalue weighted by atomic mass is 16.3. The molecule has 5 heterocycles. The van der Waals surface area contributed by atoms with Gasteiger partial charge in [-0.05, 0) is 19.1 Å². The number of hydrogen-bond acceptors (Lipinski definition) is 10. The molecule has 164 valence electrons. The lowest BCUT2D eigenvalue weighted by atomic mass is 10.2. The van der Waals surface area contributed by atoms with Gasteiger partial charge in [0.1, 0.15) is 23.3 Å². The Morgan fingerprint density at radius 3 is 2.53 bits per heavy atom. The van der Waals surface area contributed by atoms with Gasteiger partial charge in [0, 0.05) is 39.3 Å². The molecule has 11 heteroatoms. The molecule has 4 aromatic heterocycles. The van der Waals surface area contributed by atoms with Gasteiger partial charge in [0.25, 0.3) is 5.56 Å². The van der Waals surface area contributed by atoms with E-state index in [4.69, 9.17) is 10.2 Å². The van der Waals surface area contributed by atoms with Crippen LogP contribution in [0.3, 0.4) is 0 Å². The lowest BCUT2D eigenvalue weighted by Crippen LogP contribution is -2.47. The first-order chi connectivity index (χ1) is 15.6. The minimum Gasteiger partial charge on any atom is -0.460 e. The Labute approximate surface area is 183 Å². The topological polar surface area (TPSA) is 132 Å². The van der Waals surface area contributed by atoms with Gasteiger partial charge in [-0.1, -0.05) is 0 Å². The predicted molar refractivity (Wildman–Crippen MR) is 119 cm³/mol. The van der Waals surface area contributed by atoms with Gasteiger partial charge in [0.05, 0.1) is 24.3 Å². The summed E-state index contributed by atoms with van der Waals surface area (Å²) in [6, 6.07) is 3.65. The second-order valence-electron chi connectivity index (χ2n) is 7.69. The summed E-state index contributed by atoms with van der Waals surface area (Å²) in [6.45, 7) is 6.52. The maximum absolute atomic E-state index is 12.6. The van der Waals surface area contributed by atoms with Gasteiger partial charge in [0.15, 0.2) is 11.4 Å². The normalized spacial score (nSPS) is 14.8. The highest BCUT2D eigenvalue weighted by Gasteiger charge is 2.20. The number of anilines is 2. The first-order valence-corrected chi connectivity index (χ1v) is 10.4. The molecule has 0 saturated carbocycles. The smallest absolute Gasteiger partial charge is 0.270 e. The Morgan fingerprint density at radius 2 is 1.81 bits per heavy atom. The molecule has 11 nitrogen and oxygen atoms in total. The Morgan fingerprint density at radius 1 is 1.03 bits per heavy atom. The number of furan rings is 1. The number of aromatic nitrogens is 6. The summed E-state index contributed by atoms with van der Waals surface area (Å²) in [6.07, 6.45) is 6.49. The van der Waals surface area contributed by atoms with Crippen LogP contribution in [0.4, 0.5) is 11.6 Å². The predicted octanol–water partition coefficient (Wildman–Crippen LogP) is 0.949. The fraction of sp³-hybridized carbons (Fsp3) is 0.333. The molecule has 0 aliphatic carbocycles. The van der Waals surface area contributed by atoms with E-state index in [1.54, 1.807) is 4.57 Å². The summed E-state index contributed by atoms with van der Waals surface area (Å²) in [7, 11) is 0. The van der Waals surface area contributed by atoms with E-state index in [9.17, 15) is 4.79 Å². The Bertz CT molecular complexity index is 1290.